The van der Waals surface area contributed by atoms with Gasteiger partial charge in [0, 0.05) is 18.7 Å². The summed E-state index contributed by atoms with van der Waals surface area (Å²) in [6.45, 7) is 0.991. The van der Waals surface area contributed by atoms with E-state index in [0.29, 0.717) is 0 Å². The molecule has 2 aromatic heterocycles. The number of aryl methyl sites for hydroxylation is 2. The lowest BCUT2D eigenvalue weighted by molar-refractivity contribution is 0.415. The molecule has 0 aliphatic carbocycles. The van der Waals surface area contributed by atoms with E-state index < -0.39 is 0 Å². The summed E-state index contributed by atoms with van der Waals surface area (Å²) in [6, 6.07) is 7.77. The van der Waals surface area contributed by atoms with E-state index in [4.69, 9.17) is 9.72 Å². The van der Waals surface area contributed by atoms with Gasteiger partial charge in [-0.15, -0.1) is 0 Å². The SMILES string of the molecule is COc1ccc(Nc2ncnc3c2nc2n3CCCCC2)cc1. The van der Waals surface area contributed by atoms with Gasteiger partial charge in [0.15, 0.2) is 17.0 Å². The van der Waals surface area contributed by atoms with Crippen molar-refractivity contribution in [3.63, 3.8) is 0 Å². The molecule has 0 atom stereocenters. The number of benzene rings is 1. The monoisotopic (exact) mass is 309 g/mol. The van der Waals surface area contributed by atoms with Crippen LogP contribution in [0.1, 0.15) is 25.1 Å². The highest BCUT2D eigenvalue weighted by Gasteiger charge is 2.17. The van der Waals surface area contributed by atoms with E-state index >= 15 is 0 Å². The van der Waals surface area contributed by atoms with Crippen molar-refractivity contribution in [2.45, 2.75) is 32.2 Å². The zero-order chi connectivity index (χ0) is 15.6. The number of fused-ring (bicyclic) bond motifs is 3. The maximum Gasteiger partial charge on any atom is 0.165 e. The molecule has 0 saturated carbocycles. The standard InChI is InChI=1S/C17H19N5O/c1-23-13-8-6-12(7-9-13)20-16-15-17(19-11-18-16)22-10-4-2-3-5-14(22)21-15/h6-9,11H,2-5,10H2,1H3,(H,18,19,20). The van der Waals surface area contributed by atoms with Crippen molar-refractivity contribution in [2.24, 2.45) is 0 Å². The Morgan fingerprint density at radius 3 is 2.78 bits per heavy atom. The third-order valence-electron chi connectivity index (χ3n) is 4.25. The summed E-state index contributed by atoms with van der Waals surface area (Å²) in [6.07, 6.45) is 6.25. The van der Waals surface area contributed by atoms with Crippen LogP contribution in [-0.2, 0) is 13.0 Å². The van der Waals surface area contributed by atoms with Crippen molar-refractivity contribution in [1.29, 1.82) is 0 Å². The van der Waals surface area contributed by atoms with E-state index in [-0.39, 0.29) is 0 Å². The molecule has 3 heterocycles. The van der Waals surface area contributed by atoms with E-state index in [0.717, 1.165) is 47.2 Å². The number of rotatable bonds is 3. The van der Waals surface area contributed by atoms with Gasteiger partial charge in [0.2, 0.25) is 0 Å². The maximum absolute atomic E-state index is 5.19. The van der Waals surface area contributed by atoms with Gasteiger partial charge in [-0.1, -0.05) is 6.42 Å². The molecule has 0 bridgehead atoms. The highest BCUT2D eigenvalue weighted by Crippen LogP contribution is 2.26. The van der Waals surface area contributed by atoms with Gasteiger partial charge in [-0.2, -0.15) is 0 Å². The predicted octanol–water partition coefficient (Wildman–Crippen LogP) is 3.30. The van der Waals surface area contributed by atoms with Gasteiger partial charge in [0.1, 0.15) is 17.9 Å². The highest BCUT2D eigenvalue weighted by atomic mass is 16.5. The van der Waals surface area contributed by atoms with Gasteiger partial charge in [-0.05, 0) is 37.1 Å². The smallest absolute Gasteiger partial charge is 0.165 e. The van der Waals surface area contributed by atoms with E-state index in [9.17, 15) is 0 Å². The lowest BCUT2D eigenvalue weighted by Crippen LogP contribution is -2.01. The fraction of sp³-hybridized carbons (Fsp3) is 0.353. The van der Waals surface area contributed by atoms with Crippen LogP contribution in [0.2, 0.25) is 0 Å². The molecular formula is C17H19N5O. The molecule has 1 aliphatic rings. The van der Waals surface area contributed by atoms with Crippen molar-refractivity contribution in [1.82, 2.24) is 19.5 Å². The number of ether oxygens (including phenoxy) is 1. The van der Waals surface area contributed by atoms with Crippen molar-refractivity contribution < 1.29 is 4.74 Å². The number of methoxy groups -OCH3 is 1. The van der Waals surface area contributed by atoms with Gasteiger partial charge < -0.3 is 14.6 Å². The number of nitrogens with zero attached hydrogens (tertiary/aromatic N) is 4. The second kappa shape index (κ2) is 5.87. The van der Waals surface area contributed by atoms with Crippen LogP contribution in [0.15, 0.2) is 30.6 Å². The minimum atomic E-state index is 0.751. The second-order valence-electron chi connectivity index (χ2n) is 5.74. The van der Waals surface area contributed by atoms with Gasteiger partial charge in [0.05, 0.1) is 7.11 Å². The van der Waals surface area contributed by atoms with Crippen LogP contribution in [0, 0.1) is 0 Å². The number of nitrogens with one attached hydrogen (secondary N) is 1. The molecular weight excluding hydrogens is 290 g/mol. The maximum atomic E-state index is 5.19. The normalized spacial score (nSPS) is 14.3. The molecule has 0 fully saturated rings. The van der Waals surface area contributed by atoms with Gasteiger partial charge in [-0.25, -0.2) is 15.0 Å². The first-order chi connectivity index (χ1) is 11.3. The van der Waals surface area contributed by atoms with Crippen molar-refractivity contribution in [3.8, 4) is 5.75 Å². The summed E-state index contributed by atoms with van der Waals surface area (Å²) in [5.41, 5.74) is 2.72. The molecule has 0 spiro atoms. The third kappa shape index (κ3) is 2.60. The van der Waals surface area contributed by atoms with E-state index in [1.165, 1.54) is 19.3 Å². The molecule has 6 nitrogen and oxygen atoms in total. The summed E-state index contributed by atoms with van der Waals surface area (Å²) >= 11 is 0. The van der Waals surface area contributed by atoms with Gasteiger partial charge >= 0.3 is 0 Å². The summed E-state index contributed by atoms with van der Waals surface area (Å²) in [4.78, 5) is 13.6. The summed E-state index contributed by atoms with van der Waals surface area (Å²) in [5, 5.41) is 3.34. The second-order valence-corrected chi connectivity index (χ2v) is 5.74. The van der Waals surface area contributed by atoms with E-state index in [1.54, 1.807) is 13.4 Å². The molecule has 0 amide bonds. The zero-order valence-electron chi connectivity index (χ0n) is 13.1. The number of anilines is 2. The lowest BCUT2D eigenvalue weighted by Gasteiger charge is -2.07. The van der Waals surface area contributed by atoms with Crippen LogP contribution in [0.25, 0.3) is 11.2 Å². The number of imidazole rings is 1. The van der Waals surface area contributed by atoms with Crippen molar-refractivity contribution >= 4 is 22.7 Å². The average molecular weight is 309 g/mol. The first-order valence-corrected chi connectivity index (χ1v) is 7.96. The Kier molecular flexibility index (Phi) is 3.57. The topological polar surface area (TPSA) is 64.9 Å². The van der Waals surface area contributed by atoms with Crippen LogP contribution < -0.4 is 10.1 Å². The molecule has 1 aliphatic heterocycles. The summed E-state index contributed by atoms with van der Waals surface area (Å²) in [5.74, 6) is 2.70. The molecule has 3 aromatic rings. The van der Waals surface area contributed by atoms with Crippen LogP contribution in [0.3, 0.4) is 0 Å². The molecule has 6 heteroatoms. The Morgan fingerprint density at radius 1 is 1.09 bits per heavy atom. The van der Waals surface area contributed by atoms with E-state index in [2.05, 4.69) is 19.9 Å². The summed E-state index contributed by atoms with van der Waals surface area (Å²) < 4.78 is 7.43. The number of hydrogen-bond donors (Lipinski definition) is 1. The van der Waals surface area contributed by atoms with E-state index in [1.807, 2.05) is 24.3 Å². The fourth-order valence-electron chi connectivity index (χ4n) is 3.04. The first kappa shape index (κ1) is 14.0. The summed E-state index contributed by atoms with van der Waals surface area (Å²) in [7, 11) is 1.66. The van der Waals surface area contributed by atoms with Crippen molar-refractivity contribution in [2.75, 3.05) is 12.4 Å². The first-order valence-electron chi connectivity index (χ1n) is 7.96. The molecule has 23 heavy (non-hydrogen) atoms. The quantitative estimate of drug-likeness (QED) is 0.804. The Hall–Kier alpha value is -2.63. The Bertz CT molecular complexity index is 825. The molecule has 1 aromatic carbocycles. The van der Waals surface area contributed by atoms with Crippen LogP contribution in [0.5, 0.6) is 5.75 Å². The number of hydrogen-bond acceptors (Lipinski definition) is 5. The minimum absolute atomic E-state index is 0.751. The minimum Gasteiger partial charge on any atom is -0.497 e. The molecule has 0 unspecified atom stereocenters. The zero-order valence-corrected chi connectivity index (χ0v) is 13.1. The largest absolute Gasteiger partial charge is 0.497 e. The molecule has 4 rings (SSSR count). The van der Waals surface area contributed by atoms with Crippen molar-refractivity contribution in [3.05, 3.63) is 36.4 Å². The molecule has 0 saturated heterocycles. The highest BCUT2D eigenvalue weighted by molar-refractivity contribution is 5.85. The predicted molar refractivity (Wildman–Crippen MR) is 89.2 cm³/mol. The van der Waals surface area contributed by atoms with Crippen LogP contribution in [-0.4, -0.2) is 26.6 Å². The Labute approximate surface area is 134 Å². The van der Waals surface area contributed by atoms with Gasteiger partial charge in [0.25, 0.3) is 0 Å². The fourth-order valence-corrected chi connectivity index (χ4v) is 3.04. The molecule has 0 radical (unpaired) electrons. The third-order valence-corrected chi connectivity index (χ3v) is 4.25. The number of aromatic nitrogens is 4. The van der Waals surface area contributed by atoms with Crippen LogP contribution in [0.4, 0.5) is 11.5 Å². The Morgan fingerprint density at radius 2 is 1.96 bits per heavy atom. The average Bonchev–Trinajstić information content (AvgIpc) is 2.78. The molecule has 118 valence electrons. The Balaban J connectivity index is 1.72. The van der Waals surface area contributed by atoms with Crippen LogP contribution >= 0.6 is 0 Å². The van der Waals surface area contributed by atoms with Gasteiger partial charge in [-0.3, -0.25) is 0 Å². The molecule has 1 N–H and O–H groups in total. The lowest BCUT2D eigenvalue weighted by atomic mass is 10.2.